The fourth-order valence-corrected chi connectivity index (χ4v) is 1.75. The van der Waals surface area contributed by atoms with E-state index in [2.05, 4.69) is 10.2 Å². The molecule has 0 unspecified atom stereocenters. The van der Waals surface area contributed by atoms with Crippen molar-refractivity contribution in [1.29, 1.82) is 0 Å². The van der Waals surface area contributed by atoms with Crippen LogP contribution in [0.2, 0.25) is 0 Å². The zero-order valence-electron chi connectivity index (χ0n) is 8.70. The van der Waals surface area contributed by atoms with Gasteiger partial charge in [0, 0.05) is 11.6 Å². The minimum Gasteiger partial charge on any atom is -0.310 e. The lowest BCUT2D eigenvalue weighted by molar-refractivity contribution is 0.447. The van der Waals surface area contributed by atoms with E-state index in [1.807, 2.05) is 0 Å². The van der Waals surface area contributed by atoms with Gasteiger partial charge in [0.15, 0.2) is 23.3 Å². The molecule has 1 heterocycles. The second kappa shape index (κ2) is 3.58. The second-order valence-electron chi connectivity index (χ2n) is 4.05. The maximum atomic E-state index is 13.1. The molecule has 1 aromatic heterocycles. The third-order valence-corrected chi connectivity index (χ3v) is 2.76. The van der Waals surface area contributed by atoms with Crippen LogP contribution in [0.3, 0.4) is 0 Å². The van der Waals surface area contributed by atoms with Gasteiger partial charge in [-0.1, -0.05) is 0 Å². The van der Waals surface area contributed by atoms with Crippen LogP contribution in [0.4, 0.5) is 13.2 Å². The van der Waals surface area contributed by atoms with Crippen LogP contribution >= 0.6 is 0 Å². The third-order valence-electron chi connectivity index (χ3n) is 2.76. The lowest BCUT2D eigenvalue weighted by Gasteiger charge is -2.05. The first-order valence-electron chi connectivity index (χ1n) is 5.21. The number of nitrogens with zero attached hydrogens (tertiary/aromatic N) is 3. The van der Waals surface area contributed by atoms with Crippen LogP contribution in [0.15, 0.2) is 18.5 Å². The van der Waals surface area contributed by atoms with Crippen molar-refractivity contribution in [1.82, 2.24) is 14.8 Å². The highest BCUT2D eigenvalue weighted by atomic mass is 19.2. The van der Waals surface area contributed by atoms with Gasteiger partial charge in [0.1, 0.15) is 6.33 Å². The molecule has 3 rings (SSSR count). The molecule has 3 nitrogen and oxygen atoms in total. The molecule has 1 aliphatic rings. The van der Waals surface area contributed by atoms with Crippen LogP contribution in [0.1, 0.15) is 18.9 Å². The highest BCUT2D eigenvalue weighted by molar-refractivity contribution is 5.55. The molecule has 0 amide bonds. The van der Waals surface area contributed by atoms with E-state index in [-0.39, 0.29) is 11.6 Å². The summed E-state index contributed by atoms with van der Waals surface area (Å²) in [5.41, 5.74) is 0.200. The first-order valence-corrected chi connectivity index (χ1v) is 5.21. The molecule has 0 atom stereocenters. The first-order chi connectivity index (χ1) is 8.16. The Kier molecular flexibility index (Phi) is 2.17. The van der Waals surface area contributed by atoms with Crippen LogP contribution in [0.25, 0.3) is 11.4 Å². The predicted molar refractivity (Wildman–Crippen MR) is 53.6 cm³/mol. The van der Waals surface area contributed by atoms with Crippen molar-refractivity contribution in [2.24, 2.45) is 0 Å². The minimum atomic E-state index is -1.47. The quantitative estimate of drug-likeness (QED) is 0.754. The van der Waals surface area contributed by atoms with Crippen molar-refractivity contribution in [2.75, 3.05) is 0 Å². The Hall–Kier alpha value is -1.85. The van der Waals surface area contributed by atoms with Crippen LogP contribution in [0.5, 0.6) is 0 Å². The van der Waals surface area contributed by atoms with Crippen LogP contribution in [-0.4, -0.2) is 14.8 Å². The molecule has 0 radical (unpaired) electrons. The highest BCUT2D eigenvalue weighted by Crippen LogP contribution is 2.37. The van der Waals surface area contributed by atoms with Gasteiger partial charge in [-0.2, -0.15) is 0 Å². The van der Waals surface area contributed by atoms with E-state index in [9.17, 15) is 13.2 Å². The highest BCUT2D eigenvalue weighted by Gasteiger charge is 2.27. The van der Waals surface area contributed by atoms with Gasteiger partial charge in [-0.15, -0.1) is 10.2 Å². The molecule has 17 heavy (non-hydrogen) atoms. The maximum absolute atomic E-state index is 13.1. The van der Waals surface area contributed by atoms with E-state index < -0.39 is 17.5 Å². The Morgan fingerprint density at radius 1 is 1.12 bits per heavy atom. The molecule has 0 aliphatic heterocycles. The standard InChI is InChI=1S/C11H8F3N3/c12-8-3-6(4-9(13)10(8)14)11-16-15-5-17(11)7-1-2-7/h3-5,7H,1-2H2. The van der Waals surface area contributed by atoms with Gasteiger partial charge >= 0.3 is 0 Å². The summed E-state index contributed by atoms with van der Waals surface area (Å²) in [4.78, 5) is 0. The average Bonchev–Trinajstić information content (AvgIpc) is 3.03. The SMILES string of the molecule is Fc1cc(-c2nncn2C2CC2)cc(F)c1F. The monoisotopic (exact) mass is 239 g/mol. The fraction of sp³-hybridized carbons (Fsp3) is 0.273. The molecular formula is C11H8F3N3. The summed E-state index contributed by atoms with van der Waals surface area (Å²) in [5, 5.41) is 7.53. The van der Waals surface area contributed by atoms with Crippen molar-refractivity contribution in [3.05, 3.63) is 35.9 Å². The Morgan fingerprint density at radius 3 is 2.35 bits per heavy atom. The zero-order valence-corrected chi connectivity index (χ0v) is 8.70. The lowest BCUT2D eigenvalue weighted by atomic mass is 10.2. The van der Waals surface area contributed by atoms with E-state index in [0.29, 0.717) is 5.82 Å². The molecule has 1 fully saturated rings. The molecule has 88 valence electrons. The van der Waals surface area contributed by atoms with E-state index >= 15 is 0 Å². The lowest BCUT2D eigenvalue weighted by Crippen LogP contribution is -1.98. The molecule has 1 saturated carbocycles. The number of hydrogen-bond acceptors (Lipinski definition) is 2. The number of rotatable bonds is 2. The van der Waals surface area contributed by atoms with Crippen molar-refractivity contribution in [2.45, 2.75) is 18.9 Å². The largest absolute Gasteiger partial charge is 0.310 e. The van der Waals surface area contributed by atoms with Gasteiger partial charge in [-0.3, -0.25) is 0 Å². The summed E-state index contributed by atoms with van der Waals surface area (Å²) in [6, 6.07) is 2.15. The third kappa shape index (κ3) is 1.69. The van der Waals surface area contributed by atoms with Crippen molar-refractivity contribution in [3.63, 3.8) is 0 Å². The Bertz CT molecular complexity index is 552. The van der Waals surface area contributed by atoms with Gasteiger partial charge in [0.2, 0.25) is 0 Å². The summed E-state index contributed by atoms with van der Waals surface area (Å²) in [5.74, 6) is -3.53. The molecule has 1 aromatic carbocycles. The normalized spacial score (nSPS) is 15.2. The van der Waals surface area contributed by atoms with E-state index in [4.69, 9.17) is 0 Å². The first kappa shape index (κ1) is 10.3. The molecule has 1 aliphatic carbocycles. The Labute approximate surface area is 94.9 Å². The summed E-state index contributed by atoms with van der Waals surface area (Å²) in [7, 11) is 0. The van der Waals surface area contributed by atoms with Crippen molar-refractivity contribution < 1.29 is 13.2 Å². The van der Waals surface area contributed by atoms with E-state index in [1.165, 1.54) is 6.33 Å². The van der Waals surface area contributed by atoms with Gasteiger partial charge in [-0.25, -0.2) is 13.2 Å². The van der Waals surface area contributed by atoms with Gasteiger partial charge < -0.3 is 4.57 Å². The number of halogens is 3. The topological polar surface area (TPSA) is 30.7 Å². The smallest absolute Gasteiger partial charge is 0.194 e. The Balaban J connectivity index is 2.11. The minimum absolute atomic E-state index is 0.200. The predicted octanol–water partition coefficient (Wildman–Crippen LogP) is 2.70. The van der Waals surface area contributed by atoms with Crippen LogP contribution < -0.4 is 0 Å². The molecule has 0 N–H and O–H groups in total. The van der Waals surface area contributed by atoms with Crippen molar-refractivity contribution in [3.8, 4) is 11.4 Å². The second-order valence-corrected chi connectivity index (χ2v) is 4.05. The number of benzene rings is 1. The summed E-state index contributed by atoms with van der Waals surface area (Å²) in [6.45, 7) is 0. The average molecular weight is 239 g/mol. The van der Waals surface area contributed by atoms with Crippen LogP contribution in [-0.2, 0) is 0 Å². The van der Waals surface area contributed by atoms with Gasteiger partial charge in [0.25, 0.3) is 0 Å². The molecule has 0 spiro atoms. The Morgan fingerprint density at radius 2 is 1.76 bits per heavy atom. The van der Waals surface area contributed by atoms with Crippen LogP contribution in [0, 0.1) is 17.5 Å². The maximum Gasteiger partial charge on any atom is 0.194 e. The van der Waals surface area contributed by atoms with Crippen molar-refractivity contribution >= 4 is 0 Å². The molecule has 6 heteroatoms. The van der Waals surface area contributed by atoms with Gasteiger partial charge in [-0.05, 0) is 25.0 Å². The van der Waals surface area contributed by atoms with E-state index in [0.717, 1.165) is 25.0 Å². The fourth-order valence-electron chi connectivity index (χ4n) is 1.75. The summed E-state index contributed by atoms with van der Waals surface area (Å²) < 4.78 is 40.8. The molecule has 0 saturated heterocycles. The number of aromatic nitrogens is 3. The molecule has 2 aromatic rings. The molecular weight excluding hydrogens is 231 g/mol. The van der Waals surface area contributed by atoms with Gasteiger partial charge in [0.05, 0.1) is 0 Å². The summed E-state index contributed by atoms with van der Waals surface area (Å²) >= 11 is 0. The molecule has 0 bridgehead atoms. The van der Waals surface area contributed by atoms with E-state index in [1.54, 1.807) is 4.57 Å². The summed E-state index contributed by atoms with van der Waals surface area (Å²) in [6.07, 6.45) is 3.51. The zero-order chi connectivity index (χ0) is 12.0. The number of hydrogen-bond donors (Lipinski definition) is 0.